The van der Waals surface area contributed by atoms with Crippen LogP contribution in [0.2, 0.25) is 0 Å². The molecule has 0 saturated heterocycles. The summed E-state index contributed by atoms with van der Waals surface area (Å²) in [5, 5.41) is 5.11. The van der Waals surface area contributed by atoms with Gasteiger partial charge in [-0.2, -0.15) is 18.3 Å². The molecule has 1 aromatic carbocycles. The molecule has 0 aliphatic heterocycles. The van der Waals surface area contributed by atoms with Crippen LogP contribution in [0.3, 0.4) is 0 Å². The molecule has 0 atom stereocenters. The van der Waals surface area contributed by atoms with E-state index in [1.807, 2.05) is 32.8 Å². The Morgan fingerprint density at radius 1 is 1.16 bits per heavy atom. The molecule has 0 bridgehead atoms. The van der Waals surface area contributed by atoms with Gasteiger partial charge >= 0.3 is 6.18 Å². The summed E-state index contributed by atoms with van der Waals surface area (Å²) in [6.45, 7) is 6.77. The second-order valence-electron chi connectivity index (χ2n) is 8.45. The van der Waals surface area contributed by atoms with Gasteiger partial charge in [0, 0.05) is 31.1 Å². The molecule has 0 unspecified atom stereocenters. The lowest BCUT2D eigenvalue weighted by Crippen LogP contribution is -2.36. The van der Waals surface area contributed by atoms with Gasteiger partial charge in [-0.25, -0.2) is 9.67 Å². The third-order valence-corrected chi connectivity index (χ3v) is 5.21. The number of fused-ring (bicyclic) bond motifs is 1. The van der Waals surface area contributed by atoms with Crippen molar-refractivity contribution in [3.8, 4) is 0 Å². The summed E-state index contributed by atoms with van der Waals surface area (Å²) in [5.41, 5.74) is 1.38. The smallest absolute Gasteiger partial charge is 0.333 e. The van der Waals surface area contributed by atoms with Crippen LogP contribution in [-0.2, 0) is 12.7 Å². The number of amides is 1. The van der Waals surface area contributed by atoms with E-state index in [2.05, 4.69) is 10.1 Å². The molecule has 2 heterocycles. The molecule has 0 N–H and O–H groups in total. The molecule has 6 nitrogen and oxygen atoms in total. The monoisotopic (exact) mass is 447 g/mol. The molecule has 2 aromatic heterocycles. The second kappa shape index (κ2) is 9.28. The van der Waals surface area contributed by atoms with Crippen LogP contribution in [0.15, 0.2) is 36.5 Å². The van der Waals surface area contributed by atoms with Crippen molar-refractivity contribution >= 4 is 16.9 Å². The van der Waals surface area contributed by atoms with Crippen molar-refractivity contribution in [3.05, 3.63) is 58.9 Å². The molecule has 0 radical (unpaired) electrons. The number of nitrogens with zero attached hydrogens (tertiary/aromatic N) is 5. The first kappa shape index (κ1) is 23.7. The molecule has 0 saturated carbocycles. The van der Waals surface area contributed by atoms with Crippen LogP contribution in [0.5, 0.6) is 0 Å². The lowest BCUT2D eigenvalue weighted by atomic mass is 10.1. The van der Waals surface area contributed by atoms with E-state index in [1.165, 1.54) is 6.07 Å². The van der Waals surface area contributed by atoms with Crippen LogP contribution in [0, 0.1) is 6.92 Å². The van der Waals surface area contributed by atoms with Gasteiger partial charge in [-0.15, -0.1) is 0 Å². The minimum atomic E-state index is -4.43. The summed E-state index contributed by atoms with van der Waals surface area (Å²) in [7, 11) is 3.76. The molecule has 3 rings (SSSR count). The van der Waals surface area contributed by atoms with Crippen LogP contribution in [0.25, 0.3) is 11.0 Å². The van der Waals surface area contributed by atoms with E-state index >= 15 is 0 Å². The molecule has 172 valence electrons. The van der Waals surface area contributed by atoms with E-state index < -0.39 is 11.7 Å². The van der Waals surface area contributed by atoms with Crippen molar-refractivity contribution in [1.82, 2.24) is 24.6 Å². The number of benzene rings is 1. The third kappa shape index (κ3) is 5.27. The summed E-state index contributed by atoms with van der Waals surface area (Å²) >= 11 is 0. The number of aromatic nitrogens is 3. The number of likely N-dealkylation sites (N-methyl/N-ethyl adjacent to an activating group) is 1. The normalized spacial score (nSPS) is 12.2. The lowest BCUT2D eigenvalue weighted by molar-refractivity contribution is -0.137. The fourth-order valence-corrected chi connectivity index (χ4v) is 3.47. The van der Waals surface area contributed by atoms with Crippen molar-refractivity contribution in [2.75, 3.05) is 27.2 Å². The Morgan fingerprint density at radius 2 is 1.88 bits per heavy atom. The number of hydrogen-bond donors (Lipinski definition) is 0. The van der Waals surface area contributed by atoms with Crippen LogP contribution in [0.1, 0.15) is 47.1 Å². The summed E-state index contributed by atoms with van der Waals surface area (Å²) in [5.74, 6) is -0.270. The Kier molecular flexibility index (Phi) is 6.88. The molecule has 1 amide bonds. The van der Waals surface area contributed by atoms with Crippen LogP contribution in [0.4, 0.5) is 13.2 Å². The van der Waals surface area contributed by atoms with Crippen molar-refractivity contribution < 1.29 is 18.0 Å². The number of carbonyl (C=O) groups is 1. The molecular weight excluding hydrogens is 419 g/mol. The fourth-order valence-electron chi connectivity index (χ4n) is 3.47. The summed E-state index contributed by atoms with van der Waals surface area (Å²) in [6, 6.07) is 6.98. The van der Waals surface area contributed by atoms with E-state index in [0.29, 0.717) is 35.6 Å². The Bertz CT molecular complexity index is 1100. The largest absolute Gasteiger partial charge is 0.416 e. The molecule has 0 aliphatic rings. The number of pyridine rings is 1. The van der Waals surface area contributed by atoms with E-state index in [0.717, 1.165) is 17.5 Å². The van der Waals surface area contributed by atoms with Gasteiger partial charge in [-0.05, 0) is 58.6 Å². The number of hydrogen-bond acceptors (Lipinski definition) is 4. The Labute approximate surface area is 185 Å². The quantitative estimate of drug-likeness (QED) is 0.534. The molecule has 32 heavy (non-hydrogen) atoms. The first-order valence-electron chi connectivity index (χ1n) is 10.4. The molecule has 0 fully saturated rings. The fraction of sp³-hybridized carbons (Fsp3) is 0.435. The zero-order valence-electron chi connectivity index (χ0n) is 18.9. The topological polar surface area (TPSA) is 54.3 Å². The average molecular weight is 448 g/mol. The molecule has 0 aliphatic carbocycles. The number of carbonyl (C=O) groups excluding carboxylic acids is 1. The number of rotatable bonds is 7. The molecular formula is C23H28F3N5O. The van der Waals surface area contributed by atoms with Gasteiger partial charge < -0.3 is 9.80 Å². The Balaban J connectivity index is 1.95. The highest BCUT2D eigenvalue weighted by atomic mass is 19.4. The number of alkyl halides is 3. The van der Waals surface area contributed by atoms with Gasteiger partial charge in [0.25, 0.3) is 5.91 Å². The maximum absolute atomic E-state index is 13.5. The maximum atomic E-state index is 13.5. The van der Waals surface area contributed by atoms with Gasteiger partial charge in [0.1, 0.15) is 0 Å². The van der Waals surface area contributed by atoms with E-state index in [1.54, 1.807) is 34.8 Å². The van der Waals surface area contributed by atoms with Gasteiger partial charge in [-0.3, -0.25) is 4.79 Å². The molecule has 9 heteroatoms. The van der Waals surface area contributed by atoms with Crippen molar-refractivity contribution in [1.29, 1.82) is 0 Å². The number of aryl methyl sites for hydroxylation is 1. The molecule has 3 aromatic rings. The minimum absolute atomic E-state index is 0.0688. The third-order valence-electron chi connectivity index (χ3n) is 5.21. The average Bonchev–Trinajstić information content (AvgIpc) is 3.12. The standard InChI is InChI=1S/C23H28F3N5O/c1-15(2)31-21-18(13-27-31)12-20(16(3)28-21)22(32)30(10-9-29(4)5)14-17-7-6-8-19(11-17)23(24,25)26/h6-8,11-13,15H,9-10,14H2,1-5H3. The van der Waals surface area contributed by atoms with Gasteiger partial charge in [-0.1, -0.05) is 12.1 Å². The summed E-state index contributed by atoms with van der Waals surface area (Å²) in [4.78, 5) is 21.6. The Hall–Kier alpha value is -2.94. The lowest BCUT2D eigenvalue weighted by Gasteiger charge is -2.25. The number of halogens is 3. The van der Waals surface area contributed by atoms with E-state index in [4.69, 9.17) is 0 Å². The van der Waals surface area contributed by atoms with Crippen LogP contribution < -0.4 is 0 Å². The van der Waals surface area contributed by atoms with E-state index in [-0.39, 0.29) is 18.5 Å². The zero-order chi connectivity index (χ0) is 23.6. The highest BCUT2D eigenvalue weighted by Crippen LogP contribution is 2.30. The van der Waals surface area contributed by atoms with Crippen molar-refractivity contribution in [3.63, 3.8) is 0 Å². The zero-order valence-corrected chi connectivity index (χ0v) is 18.9. The first-order chi connectivity index (χ1) is 15.0. The van der Waals surface area contributed by atoms with Gasteiger partial charge in [0.2, 0.25) is 0 Å². The van der Waals surface area contributed by atoms with E-state index in [9.17, 15) is 18.0 Å². The predicted octanol–water partition coefficient (Wildman–Crippen LogP) is 4.54. The highest BCUT2D eigenvalue weighted by molar-refractivity contribution is 5.98. The van der Waals surface area contributed by atoms with Gasteiger partial charge in [0.15, 0.2) is 5.65 Å². The van der Waals surface area contributed by atoms with Crippen LogP contribution in [-0.4, -0.2) is 57.7 Å². The Morgan fingerprint density at radius 3 is 2.50 bits per heavy atom. The first-order valence-corrected chi connectivity index (χ1v) is 10.4. The highest BCUT2D eigenvalue weighted by Gasteiger charge is 2.30. The molecule has 0 spiro atoms. The summed E-state index contributed by atoms with van der Waals surface area (Å²) < 4.78 is 41.2. The van der Waals surface area contributed by atoms with Crippen molar-refractivity contribution in [2.24, 2.45) is 0 Å². The van der Waals surface area contributed by atoms with Gasteiger partial charge in [0.05, 0.1) is 23.0 Å². The minimum Gasteiger partial charge on any atom is -0.333 e. The van der Waals surface area contributed by atoms with Crippen LogP contribution >= 0.6 is 0 Å². The SMILES string of the molecule is Cc1nc2c(cnn2C(C)C)cc1C(=O)N(CCN(C)C)Cc1cccc(C(F)(F)F)c1. The maximum Gasteiger partial charge on any atom is 0.416 e. The van der Waals surface area contributed by atoms with Crippen molar-refractivity contribution in [2.45, 2.75) is 39.5 Å². The summed E-state index contributed by atoms with van der Waals surface area (Å²) in [6.07, 6.45) is -2.76. The predicted molar refractivity (Wildman–Crippen MR) is 117 cm³/mol. The second-order valence-corrected chi connectivity index (χ2v) is 8.45.